The Morgan fingerprint density at radius 3 is 1.58 bits per heavy atom. The van der Waals surface area contributed by atoms with Crippen LogP contribution in [0, 0.1) is 0 Å². The van der Waals surface area contributed by atoms with Crippen LogP contribution in [0.15, 0.2) is 0 Å². The number of anilines is 4. The maximum absolute atomic E-state index is 12.5. The largest absolute Gasteiger partial charge is 0.383 e. The van der Waals surface area contributed by atoms with Gasteiger partial charge in [0.15, 0.2) is 11.6 Å². The van der Waals surface area contributed by atoms with Crippen LogP contribution in [0.5, 0.6) is 0 Å². The predicted octanol–water partition coefficient (Wildman–Crippen LogP) is 0.170. The van der Waals surface area contributed by atoms with Crippen LogP contribution in [0.1, 0.15) is 12.8 Å². The van der Waals surface area contributed by atoms with Crippen LogP contribution < -0.4 is 24.9 Å². The molecule has 2 aliphatic heterocycles. The van der Waals surface area contributed by atoms with Gasteiger partial charge in [-0.3, -0.25) is 4.79 Å². The van der Waals surface area contributed by atoms with Crippen molar-refractivity contribution in [3.63, 3.8) is 0 Å². The van der Waals surface area contributed by atoms with Crippen LogP contribution in [0.3, 0.4) is 0 Å². The summed E-state index contributed by atoms with van der Waals surface area (Å²) >= 11 is 0. The molecule has 0 aromatic carbocycles. The molecule has 1 N–H and O–H groups in total. The monoisotopic (exact) mass is 605 g/mol. The Kier molecular flexibility index (Phi) is 12.7. The van der Waals surface area contributed by atoms with Crippen LogP contribution in [-0.2, 0) is 28.5 Å². The number of amides is 1. The van der Waals surface area contributed by atoms with Crippen molar-refractivity contribution in [2.45, 2.75) is 18.9 Å². The van der Waals surface area contributed by atoms with Crippen molar-refractivity contribution in [1.82, 2.24) is 25.3 Å². The Bertz CT molecular complexity index is 1150. The van der Waals surface area contributed by atoms with Crippen molar-refractivity contribution in [1.29, 1.82) is 0 Å². The van der Waals surface area contributed by atoms with E-state index in [9.17, 15) is 4.79 Å². The van der Waals surface area contributed by atoms with Crippen molar-refractivity contribution >= 4 is 40.5 Å². The summed E-state index contributed by atoms with van der Waals surface area (Å²) in [6.07, 6.45) is 1.95. The SMILES string of the molecule is COCCN(CCOC)c1nc(N2CCNC(=O)C2)c2nc(N(CCOC)CCOC)nc(N3CCC(OC)CC3)c2n1. The molecule has 0 saturated carbocycles. The van der Waals surface area contributed by atoms with Gasteiger partial charge in [0.25, 0.3) is 0 Å². The van der Waals surface area contributed by atoms with E-state index in [2.05, 4.69) is 15.1 Å². The minimum Gasteiger partial charge on any atom is -0.383 e. The van der Waals surface area contributed by atoms with E-state index in [-0.39, 0.29) is 18.6 Å². The van der Waals surface area contributed by atoms with Gasteiger partial charge in [0, 0.05) is 87.9 Å². The van der Waals surface area contributed by atoms with Gasteiger partial charge in [-0.25, -0.2) is 9.97 Å². The second-order valence-corrected chi connectivity index (χ2v) is 10.5. The third kappa shape index (κ3) is 8.50. The Morgan fingerprint density at radius 1 is 0.698 bits per heavy atom. The van der Waals surface area contributed by atoms with Gasteiger partial charge in [0.2, 0.25) is 17.8 Å². The molecule has 4 rings (SSSR count). The zero-order chi connectivity index (χ0) is 30.6. The molecule has 2 aliphatic rings. The molecule has 0 bridgehead atoms. The second kappa shape index (κ2) is 16.7. The topological polar surface area (TPSA) is 140 Å². The minimum absolute atomic E-state index is 0.0619. The number of hydrogen-bond acceptors (Lipinski definition) is 14. The summed E-state index contributed by atoms with van der Waals surface area (Å²) < 4.78 is 27.3. The normalized spacial score (nSPS) is 16.2. The van der Waals surface area contributed by atoms with Crippen LogP contribution in [0.4, 0.5) is 23.5 Å². The number of aromatic nitrogens is 4. The first-order valence-corrected chi connectivity index (χ1v) is 14.9. The highest BCUT2D eigenvalue weighted by atomic mass is 16.5. The van der Waals surface area contributed by atoms with Gasteiger partial charge in [-0.15, -0.1) is 0 Å². The van der Waals surface area contributed by atoms with Gasteiger partial charge in [-0.05, 0) is 12.8 Å². The third-order valence-electron chi connectivity index (χ3n) is 7.72. The fourth-order valence-corrected chi connectivity index (χ4v) is 5.24. The summed E-state index contributed by atoms with van der Waals surface area (Å²) in [5.41, 5.74) is 1.24. The molecule has 1 amide bonds. The highest BCUT2D eigenvalue weighted by Gasteiger charge is 2.29. The van der Waals surface area contributed by atoms with Crippen LogP contribution in [-0.4, -0.2) is 153 Å². The Labute approximate surface area is 253 Å². The molecule has 0 atom stereocenters. The Morgan fingerprint density at radius 2 is 1.16 bits per heavy atom. The van der Waals surface area contributed by atoms with Crippen LogP contribution in [0.2, 0.25) is 0 Å². The van der Waals surface area contributed by atoms with E-state index < -0.39 is 0 Å². The number of fused-ring (bicyclic) bond motifs is 1. The lowest BCUT2D eigenvalue weighted by molar-refractivity contribution is -0.120. The van der Waals surface area contributed by atoms with E-state index >= 15 is 0 Å². The fraction of sp³-hybridized carbons (Fsp3) is 0.750. The molecule has 2 fully saturated rings. The van der Waals surface area contributed by atoms with Gasteiger partial charge < -0.3 is 48.6 Å². The number of piperazine rings is 1. The number of carbonyl (C=O) groups is 1. The van der Waals surface area contributed by atoms with E-state index in [4.69, 9.17) is 43.6 Å². The summed E-state index contributed by atoms with van der Waals surface area (Å²) in [5.74, 6) is 2.33. The molecule has 0 spiro atoms. The predicted molar refractivity (Wildman–Crippen MR) is 165 cm³/mol. The molecule has 4 heterocycles. The number of nitrogens with one attached hydrogen (secondary N) is 1. The van der Waals surface area contributed by atoms with Crippen molar-refractivity contribution in [3.05, 3.63) is 0 Å². The minimum atomic E-state index is -0.0619. The number of piperidine rings is 1. The average Bonchev–Trinajstić information content (AvgIpc) is 3.04. The molecule has 43 heavy (non-hydrogen) atoms. The van der Waals surface area contributed by atoms with E-state index in [0.29, 0.717) is 94.4 Å². The van der Waals surface area contributed by atoms with Gasteiger partial charge in [-0.2, -0.15) is 9.97 Å². The van der Waals surface area contributed by atoms with Crippen molar-refractivity contribution in [3.8, 4) is 0 Å². The van der Waals surface area contributed by atoms with Crippen LogP contribution >= 0.6 is 0 Å². The standard InChI is InChI=1S/C28H47N9O6/c1-39-16-12-35(13-17-40-2)27-31-24-23(25(32-27)34-9-6-21(43-5)7-10-34)30-28(36(14-18-41-3)15-19-42-4)33-26(24)37-11-8-29-22(38)20-37/h21H,6-20H2,1-5H3,(H,29,38). The maximum Gasteiger partial charge on any atom is 0.239 e. The number of rotatable bonds is 17. The number of hydrogen-bond donors (Lipinski definition) is 1. The van der Waals surface area contributed by atoms with Gasteiger partial charge in [0.05, 0.1) is 39.1 Å². The zero-order valence-electron chi connectivity index (χ0n) is 26.2. The number of ether oxygens (including phenoxy) is 5. The van der Waals surface area contributed by atoms with Gasteiger partial charge in [0.1, 0.15) is 11.0 Å². The van der Waals surface area contributed by atoms with Crippen molar-refractivity contribution < 1.29 is 28.5 Å². The summed E-state index contributed by atoms with van der Waals surface area (Å²) in [6.45, 7) is 7.10. The van der Waals surface area contributed by atoms with Crippen LogP contribution in [0.25, 0.3) is 11.0 Å². The lowest BCUT2D eigenvalue weighted by Gasteiger charge is -2.34. The molecule has 0 unspecified atom stereocenters. The summed E-state index contributed by atoms with van der Waals surface area (Å²) in [7, 11) is 8.45. The molecule has 2 aromatic heterocycles. The van der Waals surface area contributed by atoms with Crippen molar-refractivity contribution in [2.24, 2.45) is 0 Å². The summed E-state index contributed by atoms with van der Waals surface area (Å²) in [5, 5.41) is 2.92. The first kappa shape index (κ1) is 32.8. The van der Waals surface area contributed by atoms with Gasteiger partial charge >= 0.3 is 0 Å². The molecule has 2 saturated heterocycles. The van der Waals surface area contributed by atoms with E-state index in [1.807, 2.05) is 9.80 Å². The smallest absolute Gasteiger partial charge is 0.239 e. The highest BCUT2D eigenvalue weighted by Crippen LogP contribution is 2.34. The highest BCUT2D eigenvalue weighted by molar-refractivity contribution is 5.96. The van der Waals surface area contributed by atoms with E-state index in [0.717, 1.165) is 31.7 Å². The second-order valence-electron chi connectivity index (χ2n) is 10.5. The lowest BCUT2D eigenvalue weighted by atomic mass is 10.1. The molecule has 0 aliphatic carbocycles. The molecule has 0 radical (unpaired) electrons. The van der Waals surface area contributed by atoms with E-state index in [1.54, 1.807) is 35.5 Å². The quantitative estimate of drug-likeness (QED) is 0.262. The zero-order valence-corrected chi connectivity index (χ0v) is 26.2. The summed E-state index contributed by atoms with van der Waals surface area (Å²) in [4.78, 5) is 41.2. The maximum atomic E-state index is 12.5. The molecule has 240 valence electrons. The first-order chi connectivity index (χ1) is 21.0. The molecule has 15 nitrogen and oxygen atoms in total. The Hall–Kier alpha value is -3.11. The lowest BCUT2D eigenvalue weighted by Crippen LogP contribution is -2.48. The number of carbonyl (C=O) groups excluding carboxylic acids is 1. The molecular weight excluding hydrogens is 558 g/mol. The average molecular weight is 606 g/mol. The van der Waals surface area contributed by atoms with Crippen molar-refractivity contribution in [2.75, 3.05) is 140 Å². The van der Waals surface area contributed by atoms with Gasteiger partial charge in [-0.1, -0.05) is 0 Å². The van der Waals surface area contributed by atoms with E-state index in [1.165, 1.54) is 0 Å². The fourth-order valence-electron chi connectivity index (χ4n) is 5.24. The molecule has 2 aromatic rings. The number of nitrogens with zero attached hydrogens (tertiary/aromatic N) is 8. The Balaban J connectivity index is 1.92. The molecular formula is C28H47N9O6. The third-order valence-corrected chi connectivity index (χ3v) is 7.72. The number of methoxy groups -OCH3 is 5. The summed E-state index contributed by atoms with van der Waals surface area (Å²) in [6, 6.07) is 0. The first-order valence-electron chi connectivity index (χ1n) is 14.9. The molecule has 15 heteroatoms.